The van der Waals surface area contributed by atoms with Crippen molar-refractivity contribution < 1.29 is 4.79 Å². The van der Waals surface area contributed by atoms with Crippen LogP contribution in [0.2, 0.25) is 0 Å². The second kappa shape index (κ2) is 8.23. The number of para-hydroxylation sites is 1. The van der Waals surface area contributed by atoms with Crippen molar-refractivity contribution >= 4 is 34.4 Å². The van der Waals surface area contributed by atoms with E-state index in [2.05, 4.69) is 20.4 Å². The molecule has 0 fully saturated rings. The number of carbonyl (C=O) groups excluding carboxylic acids is 1. The summed E-state index contributed by atoms with van der Waals surface area (Å²) in [5.74, 6) is -0.269. The number of nitrogens with zero attached hydrogens (tertiary/aromatic N) is 4. The van der Waals surface area contributed by atoms with Crippen molar-refractivity contribution in [3.05, 3.63) is 76.7 Å². The van der Waals surface area contributed by atoms with Gasteiger partial charge in [-0.2, -0.15) is 10.4 Å². The standard InChI is InChI=1S/C21H16N6O2S/c1-13(19(28)24-15-7-5-6-14(10-15)11-22)30-21-25-18-17(20(29)26-21)12-23-27(18)16-8-3-2-4-9-16/h2-10,12-13H,1H3,(H,24,28)(H,25,26,29)/t13-/m1/s1. The molecule has 148 valence electrons. The van der Waals surface area contributed by atoms with Crippen LogP contribution < -0.4 is 10.9 Å². The fourth-order valence-corrected chi connectivity index (χ4v) is 3.64. The maximum absolute atomic E-state index is 12.6. The van der Waals surface area contributed by atoms with E-state index in [9.17, 15) is 9.59 Å². The third-order valence-electron chi connectivity index (χ3n) is 4.33. The van der Waals surface area contributed by atoms with E-state index in [0.29, 0.717) is 27.4 Å². The van der Waals surface area contributed by atoms with Gasteiger partial charge < -0.3 is 10.3 Å². The molecular weight excluding hydrogens is 400 g/mol. The number of carbonyl (C=O) groups is 1. The van der Waals surface area contributed by atoms with Gasteiger partial charge in [0.05, 0.1) is 28.8 Å². The number of hydrogen-bond donors (Lipinski definition) is 2. The minimum atomic E-state index is -0.538. The summed E-state index contributed by atoms with van der Waals surface area (Å²) in [6, 6.07) is 18.1. The van der Waals surface area contributed by atoms with Gasteiger partial charge in [-0.05, 0) is 37.3 Å². The third-order valence-corrected chi connectivity index (χ3v) is 5.32. The topological polar surface area (TPSA) is 116 Å². The second-order valence-corrected chi connectivity index (χ2v) is 7.77. The van der Waals surface area contributed by atoms with E-state index in [0.717, 1.165) is 17.4 Å². The van der Waals surface area contributed by atoms with Crippen LogP contribution in [0.1, 0.15) is 12.5 Å². The highest BCUT2D eigenvalue weighted by Crippen LogP contribution is 2.22. The summed E-state index contributed by atoms with van der Waals surface area (Å²) in [7, 11) is 0. The zero-order valence-electron chi connectivity index (χ0n) is 15.9. The van der Waals surface area contributed by atoms with E-state index in [1.807, 2.05) is 36.4 Å². The molecule has 0 saturated carbocycles. The first kappa shape index (κ1) is 19.4. The van der Waals surface area contributed by atoms with E-state index in [4.69, 9.17) is 5.26 Å². The van der Waals surface area contributed by atoms with E-state index < -0.39 is 5.25 Å². The fourth-order valence-electron chi connectivity index (χ4n) is 2.84. The van der Waals surface area contributed by atoms with Crippen molar-refractivity contribution in [2.45, 2.75) is 17.3 Å². The SMILES string of the molecule is C[C@@H](Sc1nc2c(cnn2-c2ccccc2)c(=O)[nH]1)C(=O)Nc1cccc(C#N)c1. The molecule has 0 radical (unpaired) electrons. The monoisotopic (exact) mass is 416 g/mol. The number of hydrogen-bond acceptors (Lipinski definition) is 6. The summed E-state index contributed by atoms with van der Waals surface area (Å²) in [6.07, 6.45) is 1.47. The highest BCUT2D eigenvalue weighted by atomic mass is 32.2. The van der Waals surface area contributed by atoms with Crippen LogP contribution in [0.4, 0.5) is 5.69 Å². The van der Waals surface area contributed by atoms with Crippen molar-refractivity contribution in [2.75, 3.05) is 5.32 Å². The fraction of sp³-hybridized carbons (Fsp3) is 0.0952. The summed E-state index contributed by atoms with van der Waals surface area (Å²) in [5.41, 5.74) is 1.87. The molecule has 0 unspecified atom stereocenters. The van der Waals surface area contributed by atoms with Crippen LogP contribution in [-0.4, -0.2) is 30.9 Å². The van der Waals surface area contributed by atoms with Crippen LogP contribution in [0, 0.1) is 11.3 Å². The number of fused-ring (bicyclic) bond motifs is 1. The molecule has 0 bridgehead atoms. The Morgan fingerprint density at radius 3 is 2.80 bits per heavy atom. The van der Waals surface area contributed by atoms with Gasteiger partial charge in [0.1, 0.15) is 5.39 Å². The van der Waals surface area contributed by atoms with Crippen LogP contribution in [0.15, 0.2) is 70.7 Å². The van der Waals surface area contributed by atoms with E-state index in [-0.39, 0.29) is 11.5 Å². The first-order valence-electron chi connectivity index (χ1n) is 9.06. The molecule has 2 aromatic carbocycles. The van der Waals surface area contributed by atoms with E-state index in [1.165, 1.54) is 6.20 Å². The molecule has 8 nitrogen and oxygen atoms in total. The molecular formula is C21H16N6O2S. The summed E-state index contributed by atoms with van der Waals surface area (Å²) in [6.45, 7) is 1.72. The Morgan fingerprint density at radius 2 is 2.03 bits per heavy atom. The van der Waals surface area contributed by atoms with Crippen LogP contribution in [-0.2, 0) is 4.79 Å². The van der Waals surface area contributed by atoms with Crippen molar-refractivity contribution in [1.29, 1.82) is 5.26 Å². The molecule has 4 aromatic rings. The smallest absolute Gasteiger partial charge is 0.262 e. The molecule has 1 amide bonds. The molecule has 2 aromatic heterocycles. The minimum Gasteiger partial charge on any atom is -0.325 e. The Balaban J connectivity index is 1.58. The minimum absolute atomic E-state index is 0.269. The van der Waals surface area contributed by atoms with E-state index in [1.54, 1.807) is 35.9 Å². The zero-order chi connectivity index (χ0) is 21.1. The predicted octanol–water partition coefficient (Wildman–Crippen LogP) is 3.10. The molecule has 1 atom stereocenters. The maximum Gasteiger partial charge on any atom is 0.262 e. The predicted molar refractivity (Wildman–Crippen MR) is 115 cm³/mol. The molecule has 4 rings (SSSR count). The average Bonchev–Trinajstić information content (AvgIpc) is 3.19. The van der Waals surface area contributed by atoms with Crippen molar-refractivity contribution in [3.63, 3.8) is 0 Å². The molecule has 0 aliphatic rings. The molecule has 9 heteroatoms. The number of rotatable bonds is 5. The highest BCUT2D eigenvalue weighted by molar-refractivity contribution is 8.00. The molecule has 0 spiro atoms. The molecule has 30 heavy (non-hydrogen) atoms. The van der Waals surface area contributed by atoms with Gasteiger partial charge in [0.25, 0.3) is 5.56 Å². The summed E-state index contributed by atoms with van der Waals surface area (Å²) in [4.78, 5) is 32.2. The van der Waals surface area contributed by atoms with Crippen molar-refractivity contribution in [1.82, 2.24) is 19.7 Å². The van der Waals surface area contributed by atoms with Gasteiger partial charge >= 0.3 is 0 Å². The normalized spacial score (nSPS) is 11.7. The molecule has 0 aliphatic heterocycles. The number of nitrogens with one attached hydrogen (secondary N) is 2. The lowest BCUT2D eigenvalue weighted by Crippen LogP contribution is -2.23. The largest absolute Gasteiger partial charge is 0.325 e. The zero-order valence-corrected chi connectivity index (χ0v) is 16.7. The van der Waals surface area contributed by atoms with Gasteiger partial charge in [-0.3, -0.25) is 9.59 Å². The number of aromatic nitrogens is 4. The van der Waals surface area contributed by atoms with E-state index >= 15 is 0 Å². The lowest BCUT2D eigenvalue weighted by atomic mass is 10.2. The Bertz CT molecular complexity index is 1320. The lowest BCUT2D eigenvalue weighted by molar-refractivity contribution is -0.115. The van der Waals surface area contributed by atoms with Gasteiger partial charge in [0, 0.05) is 5.69 Å². The molecule has 2 heterocycles. The number of H-pyrrole nitrogens is 1. The third kappa shape index (κ3) is 3.94. The number of benzene rings is 2. The number of amides is 1. The molecule has 2 N–H and O–H groups in total. The van der Waals surface area contributed by atoms with Crippen molar-refractivity contribution in [3.8, 4) is 11.8 Å². The number of aromatic amines is 1. The Hall–Kier alpha value is -3.90. The quantitative estimate of drug-likeness (QED) is 0.381. The van der Waals surface area contributed by atoms with Crippen molar-refractivity contribution in [2.24, 2.45) is 0 Å². The Labute approximate surface area is 175 Å². The molecule has 0 saturated heterocycles. The number of anilines is 1. The first-order valence-corrected chi connectivity index (χ1v) is 9.94. The van der Waals surface area contributed by atoms with Gasteiger partial charge in [0.15, 0.2) is 10.8 Å². The number of thioether (sulfide) groups is 1. The van der Waals surface area contributed by atoms with Crippen LogP contribution in [0.3, 0.4) is 0 Å². The summed E-state index contributed by atoms with van der Waals surface area (Å²) >= 11 is 1.13. The van der Waals surface area contributed by atoms with Gasteiger partial charge in [-0.1, -0.05) is 36.0 Å². The van der Waals surface area contributed by atoms with Gasteiger partial charge in [0.2, 0.25) is 5.91 Å². The maximum atomic E-state index is 12.6. The van der Waals surface area contributed by atoms with Gasteiger partial charge in [-0.25, -0.2) is 9.67 Å². The Kier molecular flexibility index (Phi) is 5.32. The summed E-state index contributed by atoms with van der Waals surface area (Å²) in [5, 5.41) is 16.2. The lowest BCUT2D eigenvalue weighted by Gasteiger charge is -2.12. The second-order valence-electron chi connectivity index (χ2n) is 6.44. The molecule has 0 aliphatic carbocycles. The van der Waals surface area contributed by atoms with Crippen LogP contribution in [0.5, 0.6) is 0 Å². The van der Waals surface area contributed by atoms with Gasteiger partial charge in [-0.15, -0.1) is 0 Å². The van der Waals surface area contributed by atoms with Crippen LogP contribution in [0.25, 0.3) is 16.7 Å². The highest BCUT2D eigenvalue weighted by Gasteiger charge is 2.18. The van der Waals surface area contributed by atoms with Crippen LogP contribution >= 0.6 is 11.8 Å². The average molecular weight is 416 g/mol. The number of nitriles is 1. The summed E-state index contributed by atoms with van der Waals surface area (Å²) < 4.78 is 1.59. The Morgan fingerprint density at radius 1 is 1.23 bits per heavy atom. The first-order chi connectivity index (χ1) is 14.5.